The number of nitrogens with zero attached hydrogens (tertiary/aromatic N) is 5. The predicted octanol–water partition coefficient (Wildman–Crippen LogP) is 3.72. The van der Waals surface area contributed by atoms with Gasteiger partial charge in [-0.3, -0.25) is 4.79 Å². The quantitative estimate of drug-likeness (QED) is 0.399. The molecule has 3 aliphatic rings. The molecule has 0 spiro atoms. The summed E-state index contributed by atoms with van der Waals surface area (Å²) in [6, 6.07) is 6.59. The number of carbonyl (C=O) groups is 1. The Kier molecular flexibility index (Phi) is 4.66. The molecule has 3 heterocycles. The monoisotopic (exact) mass is 485 g/mol. The number of aromatic nitrogens is 5. The number of nitrogens with two attached hydrogens (primary N) is 1. The molecule has 0 atom stereocenters. The number of hydrogen-bond acceptors (Lipinski definition) is 7. The number of nitrogens with one attached hydrogen (secondary N) is 1. The fourth-order valence-corrected chi connectivity index (χ4v) is 5.97. The van der Waals surface area contributed by atoms with Crippen molar-refractivity contribution in [3.8, 4) is 22.9 Å². The summed E-state index contributed by atoms with van der Waals surface area (Å²) in [4.78, 5) is 28.8. The molecule has 0 saturated heterocycles. The molecule has 0 radical (unpaired) electrons. The van der Waals surface area contributed by atoms with E-state index in [2.05, 4.69) is 31.8 Å². The number of amides is 1. The first-order chi connectivity index (χ1) is 17.2. The highest BCUT2D eigenvalue weighted by atomic mass is 19.1. The average Bonchev–Trinajstić information content (AvgIpc) is 3.10. The van der Waals surface area contributed by atoms with Crippen LogP contribution in [0, 0.1) is 12.7 Å². The van der Waals surface area contributed by atoms with Gasteiger partial charge >= 0.3 is 6.01 Å². The van der Waals surface area contributed by atoms with E-state index in [0.29, 0.717) is 28.1 Å². The molecule has 182 valence electrons. The van der Waals surface area contributed by atoms with Crippen LogP contribution in [0.25, 0.3) is 22.2 Å². The molecule has 9 nitrogen and oxygen atoms in total. The van der Waals surface area contributed by atoms with E-state index < -0.39 is 5.82 Å². The number of aryl methyl sites for hydroxylation is 2. The molecule has 1 aromatic carbocycles. The molecule has 0 unspecified atom stereocenters. The van der Waals surface area contributed by atoms with E-state index in [4.69, 9.17) is 10.5 Å². The lowest BCUT2D eigenvalue weighted by molar-refractivity contribution is -0.134. The van der Waals surface area contributed by atoms with E-state index in [1.807, 2.05) is 11.6 Å². The molecule has 3 aliphatic carbocycles. The van der Waals surface area contributed by atoms with E-state index in [-0.39, 0.29) is 28.6 Å². The molecule has 7 rings (SSSR count). The molecule has 0 aliphatic heterocycles. The number of benzene rings is 1. The Labute approximate surface area is 206 Å². The summed E-state index contributed by atoms with van der Waals surface area (Å²) in [6.07, 6.45) is 6.61. The Morgan fingerprint density at radius 1 is 1.25 bits per heavy atom. The summed E-state index contributed by atoms with van der Waals surface area (Å²) < 4.78 is 22.9. The first kappa shape index (κ1) is 22.1. The van der Waals surface area contributed by atoms with Gasteiger partial charge in [0.05, 0.1) is 5.39 Å². The average molecular weight is 486 g/mol. The third kappa shape index (κ3) is 3.17. The van der Waals surface area contributed by atoms with Crippen molar-refractivity contribution in [2.45, 2.75) is 37.1 Å². The van der Waals surface area contributed by atoms with Gasteiger partial charge in [0, 0.05) is 41.1 Å². The highest BCUT2D eigenvalue weighted by Gasteiger charge is 2.70. The van der Waals surface area contributed by atoms with Crippen molar-refractivity contribution in [3.05, 3.63) is 66.6 Å². The van der Waals surface area contributed by atoms with E-state index in [0.717, 1.165) is 30.5 Å². The molecule has 2 bridgehead atoms. The molecule has 3 fully saturated rings. The van der Waals surface area contributed by atoms with Gasteiger partial charge in [-0.25, -0.2) is 24.3 Å². The number of hydrogen-bond donors (Lipinski definition) is 2. The first-order valence-corrected chi connectivity index (χ1v) is 11.6. The Morgan fingerprint density at radius 2 is 2.03 bits per heavy atom. The van der Waals surface area contributed by atoms with Gasteiger partial charge in [-0.1, -0.05) is 12.6 Å². The van der Waals surface area contributed by atoms with Crippen LogP contribution >= 0.6 is 0 Å². The molecule has 4 aromatic rings. The van der Waals surface area contributed by atoms with Crippen LogP contribution < -0.4 is 15.8 Å². The van der Waals surface area contributed by atoms with Crippen molar-refractivity contribution >= 4 is 22.8 Å². The third-order valence-corrected chi connectivity index (χ3v) is 7.30. The minimum atomic E-state index is -0.553. The lowest BCUT2D eigenvalue weighted by Gasteiger charge is -2.70. The van der Waals surface area contributed by atoms with Crippen molar-refractivity contribution in [1.82, 2.24) is 29.8 Å². The molecule has 1 amide bonds. The lowest BCUT2D eigenvalue weighted by atomic mass is 9.38. The fraction of sp³-hybridized carbons (Fsp3) is 0.269. The van der Waals surface area contributed by atoms with Gasteiger partial charge in [-0.15, -0.1) is 0 Å². The number of halogens is 1. The predicted molar refractivity (Wildman–Crippen MR) is 132 cm³/mol. The zero-order valence-corrected chi connectivity index (χ0v) is 19.9. The van der Waals surface area contributed by atoms with Crippen LogP contribution in [-0.2, 0) is 17.3 Å². The minimum absolute atomic E-state index is 0.0203. The smallest absolute Gasteiger partial charge is 0.322 e. The maximum Gasteiger partial charge on any atom is 0.322 e. The van der Waals surface area contributed by atoms with Gasteiger partial charge in [-0.2, -0.15) is 0 Å². The number of ether oxygens (including phenoxy) is 1. The van der Waals surface area contributed by atoms with Crippen LogP contribution in [0.5, 0.6) is 11.8 Å². The van der Waals surface area contributed by atoms with Crippen molar-refractivity contribution < 1.29 is 13.9 Å². The highest BCUT2D eigenvalue weighted by molar-refractivity contribution is 6.03. The second kappa shape index (κ2) is 7.58. The fourth-order valence-electron chi connectivity index (χ4n) is 5.97. The Balaban J connectivity index is 1.43. The van der Waals surface area contributed by atoms with Crippen LogP contribution in [0.2, 0.25) is 0 Å². The minimum Gasteiger partial charge on any atom is -0.421 e. The summed E-state index contributed by atoms with van der Waals surface area (Å²) in [6.45, 7) is 5.36. The van der Waals surface area contributed by atoms with Gasteiger partial charge < -0.3 is 20.4 Å². The lowest BCUT2D eigenvalue weighted by Crippen LogP contribution is -2.77. The van der Waals surface area contributed by atoms with E-state index in [9.17, 15) is 4.79 Å². The first-order valence-electron chi connectivity index (χ1n) is 11.6. The zero-order valence-electron chi connectivity index (χ0n) is 19.9. The Hall–Kier alpha value is -4.34. The SMILES string of the molecule is C=CC(=O)NC12CC(c3c(-c4ccc(Oc5nccc(C)n5)c(F)c4)c4c(N)ncnc4n3C)(C1)C2. The summed E-state index contributed by atoms with van der Waals surface area (Å²) >= 11 is 0. The van der Waals surface area contributed by atoms with Gasteiger partial charge in [-0.05, 0) is 56.0 Å². The van der Waals surface area contributed by atoms with Crippen LogP contribution in [0.3, 0.4) is 0 Å². The molecular formula is C26H24FN7O2. The van der Waals surface area contributed by atoms with Crippen LogP contribution in [-0.4, -0.2) is 35.9 Å². The van der Waals surface area contributed by atoms with Gasteiger partial charge in [0.15, 0.2) is 11.6 Å². The van der Waals surface area contributed by atoms with Crippen molar-refractivity contribution in [2.75, 3.05) is 5.73 Å². The van der Waals surface area contributed by atoms with Crippen LogP contribution in [0.1, 0.15) is 30.7 Å². The van der Waals surface area contributed by atoms with Crippen LogP contribution in [0.15, 0.2) is 49.4 Å². The second-order valence-corrected chi connectivity index (χ2v) is 9.75. The van der Waals surface area contributed by atoms with Crippen LogP contribution in [0.4, 0.5) is 10.2 Å². The molecule has 3 aromatic heterocycles. The maximum atomic E-state index is 15.3. The molecular weight excluding hydrogens is 461 g/mol. The van der Waals surface area contributed by atoms with Crippen molar-refractivity contribution in [3.63, 3.8) is 0 Å². The van der Waals surface area contributed by atoms with E-state index in [1.54, 1.807) is 31.3 Å². The van der Waals surface area contributed by atoms with E-state index >= 15 is 4.39 Å². The third-order valence-electron chi connectivity index (χ3n) is 7.30. The summed E-state index contributed by atoms with van der Waals surface area (Å²) in [7, 11) is 1.94. The molecule has 10 heteroatoms. The van der Waals surface area contributed by atoms with Gasteiger partial charge in [0.2, 0.25) is 5.91 Å². The number of carbonyl (C=O) groups excluding carboxylic acids is 1. The molecule has 3 N–H and O–H groups in total. The van der Waals surface area contributed by atoms with Gasteiger partial charge in [0.25, 0.3) is 0 Å². The Morgan fingerprint density at radius 3 is 2.72 bits per heavy atom. The molecule has 3 saturated carbocycles. The number of rotatable bonds is 6. The largest absolute Gasteiger partial charge is 0.421 e. The van der Waals surface area contributed by atoms with E-state index in [1.165, 1.54) is 18.5 Å². The summed E-state index contributed by atoms with van der Waals surface area (Å²) in [5, 5.41) is 3.74. The number of nitrogen functional groups attached to an aromatic ring is 1. The maximum absolute atomic E-state index is 15.3. The number of fused-ring (bicyclic) bond motifs is 1. The summed E-state index contributed by atoms with van der Waals surface area (Å²) in [5.41, 5.74) is 9.75. The van der Waals surface area contributed by atoms with Crippen molar-refractivity contribution in [1.29, 1.82) is 0 Å². The highest BCUT2D eigenvalue weighted by Crippen LogP contribution is 2.69. The standard InChI is InChI=1S/C26H24FN7O2/c1-4-18(35)33-26-10-25(11-26,12-26)21-19(20-22(28)30-13-31-23(20)34(21)3)15-5-6-17(16(27)9-15)36-24-29-8-7-14(2)32-24/h4-9,13H,1,10-12H2,2-3H3,(H,33,35)(H2,28,30,31). The van der Waals surface area contributed by atoms with Gasteiger partial charge in [0.1, 0.15) is 17.8 Å². The zero-order chi connectivity index (χ0) is 25.2. The summed E-state index contributed by atoms with van der Waals surface area (Å²) in [5.74, 6) is -0.381. The molecule has 36 heavy (non-hydrogen) atoms. The normalized spacial score (nSPS) is 22.0. The van der Waals surface area contributed by atoms with Crippen molar-refractivity contribution in [2.24, 2.45) is 7.05 Å². The second-order valence-electron chi connectivity index (χ2n) is 9.75. The number of anilines is 1. The Bertz CT molecular complexity index is 1560. The topological polar surface area (TPSA) is 121 Å².